The molecule has 0 atom stereocenters. The highest BCUT2D eigenvalue weighted by Crippen LogP contribution is 2.33. The van der Waals surface area contributed by atoms with Crippen LogP contribution in [-0.2, 0) is 22.3 Å². The van der Waals surface area contributed by atoms with Gasteiger partial charge in [0.25, 0.3) is 0 Å². The molecule has 6 rings (SSSR count). The molecule has 0 spiro atoms. The molecule has 0 unspecified atom stereocenters. The summed E-state index contributed by atoms with van der Waals surface area (Å²) in [6, 6.07) is 9.07. The van der Waals surface area contributed by atoms with Crippen LogP contribution < -0.4 is 0 Å². The number of aromatic nitrogens is 4. The highest BCUT2D eigenvalue weighted by Gasteiger charge is 2.27. The van der Waals surface area contributed by atoms with Gasteiger partial charge in [0, 0.05) is 35.9 Å². The first kappa shape index (κ1) is 57.3. The Balaban J connectivity index is 0.000000264. The second-order valence-corrected chi connectivity index (χ2v) is 20.7. The quantitative estimate of drug-likeness (QED) is 0.0391. The molecule has 2 aliphatic rings. The van der Waals surface area contributed by atoms with Gasteiger partial charge in [-0.25, -0.2) is 38.3 Å². The molecule has 2 fully saturated rings. The van der Waals surface area contributed by atoms with Crippen LogP contribution in [0.25, 0.3) is 22.8 Å². The van der Waals surface area contributed by atoms with E-state index < -0.39 is 23.6 Å². The summed E-state index contributed by atoms with van der Waals surface area (Å²) in [6.07, 6.45) is 43.6. The molecule has 71 heavy (non-hydrogen) atoms. The summed E-state index contributed by atoms with van der Waals surface area (Å²) >= 11 is 0. The van der Waals surface area contributed by atoms with Crippen LogP contribution in [0.5, 0.6) is 0 Å². The summed E-state index contributed by atoms with van der Waals surface area (Å²) in [5, 5.41) is 0. The lowest BCUT2D eigenvalue weighted by molar-refractivity contribution is 0.0147. The average Bonchev–Trinajstić information content (AvgIpc) is 3.39. The molecule has 8 nitrogen and oxygen atoms in total. The number of esters is 2. The number of carbonyl (C=O) groups is 2. The Morgan fingerprint density at radius 1 is 0.451 bits per heavy atom. The largest absolute Gasteiger partial charge is 0.459 e. The number of nitrogens with zero attached hydrogens (tertiary/aromatic N) is 4. The van der Waals surface area contributed by atoms with Crippen molar-refractivity contribution in [3.05, 3.63) is 95.1 Å². The van der Waals surface area contributed by atoms with Crippen LogP contribution in [0.4, 0.5) is 8.78 Å². The number of hydrogen-bond donors (Lipinski definition) is 0. The minimum atomic E-state index is -0.583. The normalized spacial score (nSPS) is 17.8. The lowest BCUT2D eigenvalue weighted by Crippen LogP contribution is -2.25. The SMILES string of the molecule is CCCCCCCC1CCC(OC(=O)c2ccc(-c3ncc(CCCCCC)cn3)cc2F)CC1.CCCCCCCCC1CCC(OC(=O)c2ccc(-c3ncc(CCCCCC)cn3)cc2F)CC1. The zero-order valence-electron chi connectivity index (χ0n) is 44.2. The van der Waals surface area contributed by atoms with E-state index in [1.165, 1.54) is 146 Å². The summed E-state index contributed by atoms with van der Waals surface area (Å²) in [4.78, 5) is 42.9. The van der Waals surface area contributed by atoms with Crippen molar-refractivity contribution in [2.75, 3.05) is 0 Å². The second kappa shape index (κ2) is 33.2. The molecule has 0 saturated heterocycles. The number of rotatable bonds is 29. The average molecular weight is 979 g/mol. The Kier molecular flexibility index (Phi) is 26.8. The van der Waals surface area contributed by atoms with Crippen LogP contribution in [-0.4, -0.2) is 44.1 Å². The van der Waals surface area contributed by atoms with Crippen molar-refractivity contribution in [2.45, 2.75) is 239 Å². The Bertz CT molecular complexity index is 2100. The van der Waals surface area contributed by atoms with Gasteiger partial charge in [-0.2, -0.15) is 0 Å². The van der Waals surface area contributed by atoms with E-state index in [-0.39, 0.29) is 23.3 Å². The number of aryl methyl sites for hydroxylation is 2. The van der Waals surface area contributed by atoms with Gasteiger partial charge >= 0.3 is 11.9 Å². The Morgan fingerprint density at radius 2 is 0.775 bits per heavy atom. The van der Waals surface area contributed by atoms with Crippen molar-refractivity contribution in [1.29, 1.82) is 0 Å². The molecule has 2 aromatic heterocycles. The lowest BCUT2D eigenvalue weighted by Gasteiger charge is -2.28. The minimum absolute atomic E-state index is 0.0134. The van der Waals surface area contributed by atoms with Crippen LogP contribution in [0.3, 0.4) is 0 Å². The fourth-order valence-electron chi connectivity index (χ4n) is 10.2. The van der Waals surface area contributed by atoms with Gasteiger partial charge in [0.1, 0.15) is 23.8 Å². The van der Waals surface area contributed by atoms with Crippen LogP contribution in [0, 0.1) is 23.5 Å². The number of carbonyl (C=O) groups excluding carboxylic acids is 2. The summed E-state index contributed by atoms with van der Waals surface area (Å²) in [6.45, 7) is 8.89. The molecular weight excluding hydrogens is 891 g/mol. The summed E-state index contributed by atoms with van der Waals surface area (Å²) in [5.41, 5.74) is 3.29. The Morgan fingerprint density at radius 3 is 1.11 bits per heavy atom. The predicted molar refractivity (Wildman–Crippen MR) is 284 cm³/mol. The Labute approximate surface area is 426 Å². The molecule has 0 amide bonds. The predicted octanol–water partition coefficient (Wildman–Crippen LogP) is 17.4. The molecule has 4 aromatic rings. The van der Waals surface area contributed by atoms with Crippen molar-refractivity contribution in [3.8, 4) is 22.8 Å². The zero-order valence-corrected chi connectivity index (χ0v) is 44.2. The smallest absolute Gasteiger partial charge is 0.341 e. The van der Waals surface area contributed by atoms with Gasteiger partial charge in [-0.15, -0.1) is 0 Å². The summed E-state index contributed by atoms with van der Waals surface area (Å²) in [7, 11) is 0. The minimum Gasteiger partial charge on any atom is -0.459 e. The van der Waals surface area contributed by atoms with Crippen molar-refractivity contribution in [2.24, 2.45) is 11.8 Å². The van der Waals surface area contributed by atoms with E-state index >= 15 is 0 Å². The first-order chi connectivity index (χ1) is 34.7. The fourth-order valence-corrected chi connectivity index (χ4v) is 10.2. The summed E-state index contributed by atoms with van der Waals surface area (Å²) < 4.78 is 41.0. The first-order valence-corrected chi connectivity index (χ1v) is 28.3. The van der Waals surface area contributed by atoms with Gasteiger partial charge < -0.3 is 9.47 Å². The first-order valence-electron chi connectivity index (χ1n) is 28.3. The van der Waals surface area contributed by atoms with E-state index in [1.807, 2.05) is 24.8 Å². The van der Waals surface area contributed by atoms with Crippen LogP contribution in [0.1, 0.15) is 246 Å². The standard InChI is InChI=1S/C31H45FN2O2.C30H43FN2O2/c1-3-5-7-9-10-12-13-24-15-18-27(19-16-24)36-31(35)28-20-17-26(21-29(28)32)30-33-22-25(23-34-30)14-11-8-6-4-2;1-3-5-7-9-11-12-23-14-17-26(18-15-23)35-30(34)27-19-16-25(20-28(27)31)29-32-21-24(22-33-29)13-10-8-6-4-2/h17,20-24,27H,3-16,18-19H2,1-2H3;16,19-23,26H,3-15,17-18H2,1-2H3. The van der Waals surface area contributed by atoms with E-state index in [2.05, 4.69) is 47.6 Å². The molecule has 10 heteroatoms. The maximum atomic E-state index is 14.8. The van der Waals surface area contributed by atoms with Gasteiger partial charge in [-0.05, 0) is 124 Å². The van der Waals surface area contributed by atoms with Crippen LogP contribution in [0.2, 0.25) is 0 Å². The maximum absolute atomic E-state index is 14.8. The van der Waals surface area contributed by atoms with Crippen molar-refractivity contribution < 1.29 is 27.8 Å². The Hall–Kier alpha value is -4.60. The number of hydrogen-bond acceptors (Lipinski definition) is 8. The molecule has 0 bridgehead atoms. The summed E-state index contributed by atoms with van der Waals surface area (Å²) in [5.74, 6) is 0.114. The third-order valence-electron chi connectivity index (χ3n) is 14.8. The molecule has 2 aromatic carbocycles. The highest BCUT2D eigenvalue weighted by molar-refractivity contribution is 5.91. The van der Waals surface area contributed by atoms with Gasteiger partial charge in [-0.3, -0.25) is 0 Å². The van der Waals surface area contributed by atoms with Gasteiger partial charge in [0.05, 0.1) is 11.1 Å². The van der Waals surface area contributed by atoms with E-state index in [4.69, 9.17) is 9.47 Å². The molecule has 0 aliphatic heterocycles. The van der Waals surface area contributed by atoms with Crippen molar-refractivity contribution in [3.63, 3.8) is 0 Å². The number of benzene rings is 2. The zero-order chi connectivity index (χ0) is 50.5. The third-order valence-corrected chi connectivity index (χ3v) is 14.8. The third kappa shape index (κ3) is 20.8. The van der Waals surface area contributed by atoms with Crippen LogP contribution >= 0.6 is 0 Å². The fraction of sp³-hybridized carbons (Fsp3) is 0.639. The van der Waals surface area contributed by atoms with E-state index in [1.54, 1.807) is 12.1 Å². The highest BCUT2D eigenvalue weighted by atomic mass is 19.1. The lowest BCUT2D eigenvalue weighted by atomic mass is 9.84. The number of unbranched alkanes of at least 4 members (excludes halogenated alkanes) is 15. The van der Waals surface area contributed by atoms with E-state index in [0.717, 1.165) is 100 Å². The van der Waals surface area contributed by atoms with E-state index in [9.17, 15) is 18.4 Å². The topological polar surface area (TPSA) is 104 Å². The monoisotopic (exact) mass is 979 g/mol. The second-order valence-electron chi connectivity index (χ2n) is 20.7. The van der Waals surface area contributed by atoms with Crippen molar-refractivity contribution in [1.82, 2.24) is 19.9 Å². The van der Waals surface area contributed by atoms with Crippen molar-refractivity contribution >= 4 is 11.9 Å². The maximum Gasteiger partial charge on any atom is 0.341 e. The molecule has 2 aliphatic carbocycles. The van der Waals surface area contributed by atoms with E-state index in [0.29, 0.717) is 22.8 Å². The molecule has 2 heterocycles. The van der Waals surface area contributed by atoms with Gasteiger partial charge in [-0.1, -0.05) is 162 Å². The molecular formula is C61H88F2N4O4. The number of ether oxygens (including phenoxy) is 2. The number of halogens is 2. The molecule has 0 radical (unpaired) electrons. The molecule has 0 N–H and O–H groups in total. The van der Waals surface area contributed by atoms with Crippen LogP contribution in [0.15, 0.2) is 61.2 Å². The van der Waals surface area contributed by atoms with Gasteiger partial charge in [0.2, 0.25) is 0 Å². The molecule has 2 saturated carbocycles. The molecule has 390 valence electrons. The van der Waals surface area contributed by atoms with Gasteiger partial charge in [0.15, 0.2) is 11.6 Å².